The molecule has 96 valence electrons. The lowest BCUT2D eigenvalue weighted by molar-refractivity contribution is 0.100. The fourth-order valence-electron chi connectivity index (χ4n) is 2.71. The highest BCUT2D eigenvalue weighted by Gasteiger charge is 2.27. The first kappa shape index (κ1) is 13.5. The van der Waals surface area contributed by atoms with Gasteiger partial charge in [-0.1, -0.05) is 6.92 Å². The molecule has 0 aromatic carbocycles. The number of hydrogen-bond donors (Lipinski definition) is 1. The summed E-state index contributed by atoms with van der Waals surface area (Å²) in [5.41, 5.74) is 5.93. The Morgan fingerprint density at radius 1 is 1.59 bits per heavy atom. The number of hydrogen-bond acceptors (Lipinski definition) is 3. The molecule has 0 bridgehead atoms. The molecule has 0 saturated carbocycles. The van der Waals surface area contributed by atoms with Crippen molar-refractivity contribution in [1.29, 1.82) is 0 Å². The van der Waals surface area contributed by atoms with Gasteiger partial charge in [-0.2, -0.15) is 0 Å². The van der Waals surface area contributed by atoms with Gasteiger partial charge in [0.05, 0.1) is 0 Å². The van der Waals surface area contributed by atoms with Crippen molar-refractivity contribution in [1.82, 2.24) is 4.90 Å². The molecule has 1 aromatic rings. The van der Waals surface area contributed by atoms with Crippen LogP contribution in [-0.2, 0) is 6.54 Å². The van der Waals surface area contributed by atoms with E-state index in [1.165, 1.54) is 33.6 Å². The van der Waals surface area contributed by atoms with Gasteiger partial charge < -0.3 is 5.73 Å². The molecule has 2 atom stereocenters. The zero-order valence-electron chi connectivity index (χ0n) is 10.6. The predicted octanol–water partition coefficient (Wildman–Crippen LogP) is 3.38. The van der Waals surface area contributed by atoms with E-state index in [2.05, 4.69) is 40.7 Å². The fraction of sp³-hybridized carbons (Fsp3) is 0.692. The van der Waals surface area contributed by atoms with E-state index >= 15 is 0 Å². The molecular weight excluding hydrogens is 296 g/mol. The van der Waals surface area contributed by atoms with Crippen molar-refractivity contribution < 1.29 is 0 Å². The first-order valence-corrected chi connectivity index (χ1v) is 7.91. The van der Waals surface area contributed by atoms with Crippen molar-refractivity contribution in [2.24, 2.45) is 11.7 Å². The molecule has 17 heavy (non-hydrogen) atoms. The maximum absolute atomic E-state index is 5.93. The SMILES string of the molecule is Cc1sc(CN2CCCC(C)C2CN)cc1Br. The quantitative estimate of drug-likeness (QED) is 0.926. The summed E-state index contributed by atoms with van der Waals surface area (Å²) in [6.45, 7) is 7.54. The van der Waals surface area contributed by atoms with Gasteiger partial charge in [-0.25, -0.2) is 0 Å². The first-order valence-electron chi connectivity index (χ1n) is 6.30. The molecule has 1 aromatic heterocycles. The maximum Gasteiger partial charge on any atom is 0.0332 e. The number of thiophene rings is 1. The molecule has 1 aliphatic rings. The summed E-state index contributed by atoms with van der Waals surface area (Å²) in [5, 5.41) is 0. The summed E-state index contributed by atoms with van der Waals surface area (Å²) in [6, 6.07) is 2.82. The van der Waals surface area contributed by atoms with Crippen molar-refractivity contribution in [2.45, 2.75) is 39.3 Å². The zero-order valence-corrected chi connectivity index (χ0v) is 13.0. The van der Waals surface area contributed by atoms with Crippen molar-refractivity contribution in [2.75, 3.05) is 13.1 Å². The van der Waals surface area contributed by atoms with Crippen LogP contribution in [0.4, 0.5) is 0 Å². The number of rotatable bonds is 3. The van der Waals surface area contributed by atoms with Crippen molar-refractivity contribution in [3.8, 4) is 0 Å². The molecule has 1 saturated heterocycles. The third-order valence-corrected chi connectivity index (χ3v) is 5.86. The lowest BCUT2D eigenvalue weighted by atomic mass is 9.91. The van der Waals surface area contributed by atoms with Gasteiger partial charge in [0.15, 0.2) is 0 Å². The Balaban J connectivity index is 2.06. The third-order valence-electron chi connectivity index (χ3n) is 3.74. The number of likely N-dealkylation sites (tertiary alicyclic amines) is 1. The van der Waals surface area contributed by atoms with E-state index in [9.17, 15) is 0 Å². The number of nitrogens with zero attached hydrogens (tertiary/aromatic N) is 1. The van der Waals surface area contributed by atoms with Gasteiger partial charge in [0, 0.05) is 33.4 Å². The van der Waals surface area contributed by atoms with E-state index in [-0.39, 0.29) is 0 Å². The second-order valence-corrected chi connectivity index (χ2v) is 7.21. The van der Waals surface area contributed by atoms with Crippen molar-refractivity contribution >= 4 is 27.3 Å². The molecule has 0 aliphatic carbocycles. The van der Waals surface area contributed by atoms with Gasteiger partial charge in [-0.3, -0.25) is 4.90 Å². The molecule has 2 nitrogen and oxygen atoms in total. The average molecular weight is 317 g/mol. The normalized spacial score (nSPS) is 26.4. The summed E-state index contributed by atoms with van der Waals surface area (Å²) in [4.78, 5) is 5.38. The molecular formula is C13H21BrN2S. The second-order valence-electron chi connectivity index (χ2n) is 5.01. The van der Waals surface area contributed by atoms with E-state index in [0.717, 1.165) is 19.0 Å². The second kappa shape index (κ2) is 5.83. The highest BCUT2D eigenvalue weighted by molar-refractivity contribution is 9.10. The average Bonchev–Trinajstić information content (AvgIpc) is 2.58. The summed E-state index contributed by atoms with van der Waals surface area (Å²) in [7, 11) is 0. The minimum Gasteiger partial charge on any atom is -0.329 e. The van der Waals surface area contributed by atoms with Crippen LogP contribution in [0, 0.1) is 12.8 Å². The smallest absolute Gasteiger partial charge is 0.0332 e. The highest BCUT2D eigenvalue weighted by Crippen LogP contribution is 2.30. The van der Waals surface area contributed by atoms with Crippen LogP contribution in [-0.4, -0.2) is 24.0 Å². The van der Waals surface area contributed by atoms with Crippen LogP contribution in [0.1, 0.15) is 29.5 Å². The topological polar surface area (TPSA) is 29.3 Å². The Bertz CT molecular complexity index is 358. The van der Waals surface area contributed by atoms with Crippen LogP contribution in [0.25, 0.3) is 0 Å². The van der Waals surface area contributed by atoms with Crippen LogP contribution in [0.2, 0.25) is 0 Å². The molecule has 0 radical (unpaired) electrons. The van der Waals surface area contributed by atoms with Crippen LogP contribution >= 0.6 is 27.3 Å². The number of halogens is 1. The largest absolute Gasteiger partial charge is 0.329 e. The van der Waals surface area contributed by atoms with E-state index < -0.39 is 0 Å². The summed E-state index contributed by atoms with van der Waals surface area (Å²) in [6.07, 6.45) is 2.63. The van der Waals surface area contributed by atoms with Gasteiger partial charge in [0.2, 0.25) is 0 Å². The highest BCUT2D eigenvalue weighted by atomic mass is 79.9. The van der Waals surface area contributed by atoms with Crippen molar-refractivity contribution in [3.05, 3.63) is 20.3 Å². The number of nitrogens with two attached hydrogens (primary N) is 1. The van der Waals surface area contributed by atoms with Gasteiger partial charge in [0.1, 0.15) is 0 Å². The van der Waals surface area contributed by atoms with Gasteiger partial charge in [0.25, 0.3) is 0 Å². The van der Waals surface area contributed by atoms with Gasteiger partial charge in [-0.05, 0) is 54.2 Å². The van der Waals surface area contributed by atoms with Gasteiger partial charge >= 0.3 is 0 Å². The molecule has 2 N–H and O–H groups in total. The summed E-state index contributed by atoms with van der Waals surface area (Å²) >= 11 is 5.48. The molecule has 1 aliphatic heterocycles. The first-order chi connectivity index (χ1) is 8.11. The lowest BCUT2D eigenvalue weighted by Crippen LogP contribution is -2.47. The minimum absolute atomic E-state index is 0.560. The molecule has 2 unspecified atom stereocenters. The third kappa shape index (κ3) is 3.11. The Labute approximate surface area is 116 Å². The molecule has 1 fully saturated rings. The summed E-state index contributed by atoms with van der Waals surface area (Å²) in [5.74, 6) is 0.734. The number of aryl methyl sites for hydroxylation is 1. The van der Waals surface area contributed by atoms with Crippen LogP contribution < -0.4 is 5.73 Å². The maximum atomic E-state index is 5.93. The Kier molecular flexibility index (Phi) is 4.64. The van der Waals surface area contributed by atoms with Crippen molar-refractivity contribution in [3.63, 3.8) is 0 Å². The number of piperidine rings is 1. The lowest BCUT2D eigenvalue weighted by Gasteiger charge is -2.39. The van der Waals surface area contributed by atoms with E-state index in [1.807, 2.05) is 11.3 Å². The molecule has 4 heteroatoms. The monoisotopic (exact) mass is 316 g/mol. The van der Waals surface area contributed by atoms with Crippen LogP contribution in [0.5, 0.6) is 0 Å². The molecule has 2 heterocycles. The predicted molar refractivity (Wildman–Crippen MR) is 78.4 cm³/mol. The minimum atomic E-state index is 0.560. The van der Waals surface area contributed by atoms with E-state index in [4.69, 9.17) is 5.73 Å². The molecule has 0 spiro atoms. The van der Waals surface area contributed by atoms with E-state index in [0.29, 0.717) is 6.04 Å². The standard InChI is InChI=1S/C13H21BrN2S/c1-9-4-3-5-16(13(9)7-15)8-11-6-12(14)10(2)17-11/h6,9,13H,3-5,7-8,15H2,1-2H3. The Morgan fingerprint density at radius 2 is 2.35 bits per heavy atom. The Hall–Kier alpha value is 0.100. The molecule has 2 rings (SSSR count). The molecule has 0 amide bonds. The Morgan fingerprint density at radius 3 is 2.94 bits per heavy atom. The summed E-state index contributed by atoms with van der Waals surface area (Å²) < 4.78 is 1.24. The fourth-order valence-corrected chi connectivity index (χ4v) is 4.34. The van der Waals surface area contributed by atoms with Gasteiger partial charge in [-0.15, -0.1) is 11.3 Å². The van der Waals surface area contributed by atoms with E-state index in [1.54, 1.807) is 0 Å². The van der Waals surface area contributed by atoms with Crippen LogP contribution in [0.3, 0.4) is 0 Å². The zero-order chi connectivity index (χ0) is 12.4. The van der Waals surface area contributed by atoms with Crippen LogP contribution in [0.15, 0.2) is 10.5 Å².